The van der Waals surface area contributed by atoms with Crippen molar-refractivity contribution in [1.82, 2.24) is 16.0 Å². The summed E-state index contributed by atoms with van der Waals surface area (Å²) in [5.74, 6) is -7.06. The van der Waals surface area contributed by atoms with E-state index >= 15 is 0 Å². The second kappa shape index (κ2) is 15.2. The minimum absolute atomic E-state index is 0.0235. The maximum atomic E-state index is 13.2. The lowest BCUT2D eigenvalue weighted by atomic mass is 9.98. The number of hydrogen-bond acceptors (Lipinski definition) is 7. The van der Waals surface area contributed by atoms with Crippen LogP contribution in [0.4, 0.5) is 0 Å². The zero-order valence-corrected chi connectivity index (χ0v) is 20.7. The van der Waals surface area contributed by atoms with Crippen LogP contribution in [-0.2, 0) is 35.2 Å². The summed E-state index contributed by atoms with van der Waals surface area (Å²) in [6.07, 6.45) is -1.26. The van der Waals surface area contributed by atoms with Gasteiger partial charge >= 0.3 is 17.9 Å². The van der Waals surface area contributed by atoms with E-state index in [9.17, 15) is 33.9 Å². The van der Waals surface area contributed by atoms with Crippen molar-refractivity contribution in [3.63, 3.8) is 0 Å². The first-order chi connectivity index (χ1) is 17.3. The molecule has 0 bridgehead atoms. The van der Waals surface area contributed by atoms with E-state index in [-0.39, 0.29) is 12.3 Å². The molecule has 5 unspecified atom stereocenters. The van der Waals surface area contributed by atoms with Crippen LogP contribution in [0.15, 0.2) is 30.3 Å². The summed E-state index contributed by atoms with van der Waals surface area (Å²) < 4.78 is 0. The SMILES string of the molecule is CCC(C)C(N)C(=O)NC(Cc1ccccc1)C(=O)NC(CCC(=O)O)C(=O)NC(CC(=O)O)C(=O)O. The average molecular weight is 523 g/mol. The predicted octanol–water partition coefficient (Wildman–Crippen LogP) is -0.519. The van der Waals surface area contributed by atoms with Crippen molar-refractivity contribution >= 4 is 35.6 Å². The number of nitrogens with one attached hydrogen (secondary N) is 3. The molecule has 1 aromatic carbocycles. The van der Waals surface area contributed by atoms with Gasteiger partial charge in [0.2, 0.25) is 17.7 Å². The number of carbonyl (C=O) groups is 6. The van der Waals surface area contributed by atoms with Crippen LogP contribution >= 0.6 is 0 Å². The number of carboxylic acid groups (broad SMARTS) is 3. The predicted molar refractivity (Wildman–Crippen MR) is 130 cm³/mol. The van der Waals surface area contributed by atoms with Gasteiger partial charge in [-0.3, -0.25) is 24.0 Å². The van der Waals surface area contributed by atoms with E-state index in [0.717, 1.165) is 0 Å². The van der Waals surface area contributed by atoms with Gasteiger partial charge in [0.15, 0.2) is 0 Å². The van der Waals surface area contributed by atoms with Gasteiger partial charge in [-0.1, -0.05) is 50.6 Å². The molecule has 0 aliphatic heterocycles. The fourth-order valence-corrected chi connectivity index (χ4v) is 3.30. The Morgan fingerprint density at radius 3 is 1.86 bits per heavy atom. The average Bonchev–Trinajstić information content (AvgIpc) is 2.84. The largest absolute Gasteiger partial charge is 0.481 e. The van der Waals surface area contributed by atoms with Crippen LogP contribution in [-0.4, -0.2) is 75.1 Å². The molecule has 0 radical (unpaired) electrons. The highest BCUT2D eigenvalue weighted by Gasteiger charge is 2.32. The molecule has 0 spiro atoms. The normalized spacial score (nSPS) is 14.8. The van der Waals surface area contributed by atoms with Crippen molar-refractivity contribution in [2.24, 2.45) is 11.7 Å². The summed E-state index contributed by atoms with van der Waals surface area (Å²) in [6, 6.07) is 3.24. The molecular weight excluding hydrogens is 488 g/mol. The van der Waals surface area contributed by atoms with Gasteiger partial charge in [0.1, 0.15) is 18.1 Å². The fraction of sp³-hybridized carbons (Fsp3) is 0.500. The molecule has 1 rings (SSSR count). The third kappa shape index (κ3) is 11.1. The quantitative estimate of drug-likeness (QED) is 0.147. The number of hydrogen-bond donors (Lipinski definition) is 7. The molecule has 0 aromatic heterocycles. The van der Waals surface area contributed by atoms with Gasteiger partial charge in [-0.15, -0.1) is 0 Å². The molecule has 0 aliphatic carbocycles. The van der Waals surface area contributed by atoms with E-state index in [1.165, 1.54) is 0 Å². The Morgan fingerprint density at radius 2 is 1.35 bits per heavy atom. The highest BCUT2D eigenvalue weighted by atomic mass is 16.4. The molecule has 13 heteroatoms. The zero-order chi connectivity index (χ0) is 28.1. The molecule has 37 heavy (non-hydrogen) atoms. The molecule has 0 aliphatic rings. The second-order valence-corrected chi connectivity index (χ2v) is 8.65. The van der Waals surface area contributed by atoms with E-state index in [2.05, 4.69) is 10.6 Å². The van der Waals surface area contributed by atoms with E-state index in [1.807, 2.05) is 12.2 Å². The maximum absolute atomic E-state index is 13.2. The number of nitrogens with two attached hydrogens (primary N) is 1. The van der Waals surface area contributed by atoms with Gasteiger partial charge < -0.3 is 37.0 Å². The summed E-state index contributed by atoms with van der Waals surface area (Å²) in [6.45, 7) is 3.63. The fourth-order valence-electron chi connectivity index (χ4n) is 3.30. The molecule has 13 nitrogen and oxygen atoms in total. The van der Waals surface area contributed by atoms with Crippen LogP contribution in [0.3, 0.4) is 0 Å². The maximum Gasteiger partial charge on any atom is 0.326 e. The smallest absolute Gasteiger partial charge is 0.326 e. The first kappa shape index (κ1) is 31.0. The number of carboxylic acids is 3. The molecule has 5 atom stereocenters. The third-order valence-corrected chi connectivity index (χ3v) is 5.75. The van der Waals surface area contributed by atoms with Gasteiger partial charge in [-0.2, -0.15) is 0 Å². The minimum Gasteiger partial charge on any atom is -0.481 e. The first-order valence-corrected chi connectivity index (χ1v) is 11.7. The van der Waals surface area contributed by atoms with Crippen molar-refractivity contribution in [3.8, 4) is 0 Å². The van der Waals surface area contributed by atoms with Crippen molar-refractivity contribution in [1.29, 1.82) is 0 Å². The van der Waals surface area contributed by atoms with Gasteiger partial charge in [-0.05, 0) is 17.9 Å². The zero-order valence-electron chi connectivity index (χ0n) is 20.7. The number of aliphatic carboxylic acids is 3. The highest BCUT2D eigenvalue weighted by Crippen LogP contribution is 2.09. The van der Waals surface area contributed by atoms with Crippen LogP contribution in [0.2, 0.25) is 0 Å². The lowest BCUT2D eigenvalue weighted by Gasteiger charge is -2.26. The Balaban J connectivity index is 3.16. The summed E-state index contributed by atoms with van der Waals surface area (Å²) in [7, 11) is 0. The summed E-state index contributed by atoms with van der Waals surface area (Å²) in [5.41, 5.74) is 6.67. The van der Waals surface area contributed by atoms with Crippen LogP contribution in [0.5, 0.6) is 0 Å². The van der Waals surface area contributed by atoms with Crippen molar-refractivity contribution in [2.75, 3.05) is 0 Å². The molecule has 0 saturated carbocycles. The number of rotatable bonds is 16. The van der Waals surface area contributed by atoms with Crippen LogP contribution in [0.25, 0.3) is 0 Å². The molecule has 8 N–H and O–H groups in total. The number of carbonyl (C=O) groups excluding carboxylic acids is 3. The number of benzene rings is 1. The molecule has 204 valence electrons. The Morgan fingerprint density at radius 1 is 0.811 bits per heavy atom. The van der Waals surface area contributed by atoms with E-state index < -0.39 is 79.1 Å². The highest BCUT2D eigenvalue weighted by molar-refractivity contribution is 5.95. The van der Waals surface area contributed by atoms with E-state index in [1.54, 1.807) is 37.3 Å². The third-order valence-electron chi connectivity index (χ3n) is 5.75. The minimum atomic E-state index is -1.80. The van der Waals surface area contributed by atoms with Gasteiger partial charge in [-0.25, -0.2) is 4.79 Å². The number of amides is 3. The Hall–Kier alpha value is -4.00. The molecule has 0 fully saturated rings. The second-order valence-electron chi connectivity index (χ2n) is 8.65. The van der Waals surface area contributed by atoms with Gasteiger partial charge in [0, 0.05) is 12.8 Å². The van der Waals surface area contributed by atoms with Crippen LogP contribution < -0.4 is 21.7 Å². The molecule has 3 amide bonds. The van der Waals surface area contributed by atoms with Crippen LogP contribution in [0, 0.1) is 5.92 Å². The first-order valence-electron chi connectivity index (χ1n) is 11.7. The summed E-state index contributed by atoms with van der Waals surface area (Å²) in [5, 5.41) is 34.1. The van der Waals surface area contributed by atoms with E-state index in [4.69, 9.17) is 15.9 Å². The standard InChI is InChI=1S/C24H34N4O9/c1-3-13(2)20(25)23(35)27-16(11-14-7-5-4-6-8-14)22(34)26-15(9-10-18(29)30)21(33)28-17(24(36)37)12-19(31)32/h4-8,13,15-17,20H,3,9-12,25H2,1-2H3,(H,26,34)(H,27,35)(H,28,33)(H,29,30)(H,31,32)(H,36,37). The van der Waals surface area contributed by atoms with Crippen molar-refractivity contribution in [2.45, 2.75) is 70.1 Å². The Bertz CT molecular complexity index is 970. The monoisotopic (exact) mass is 522 g/mol. The topological polar surface area (TPSA) is 225 Å². The summed E-state index contributed by atoms with van der Waals surface area (Å²) in [4.78, 5) is 72.0. The van der Waals surface area contributed by atoms with Crippen molar-refractivity contribution in [3.05, 3.63) is 35.9 Å². The Kier molecular flexibility index (Phi) is 12.7. The summed E-state index contributed by atoms with van der Waals surface area (Å²) >= 11 is 0. The Labute approximate surface area is 213 Å². The molecule has 0 heterocycles. The lowest BCUT2D eigenvalue weighted by Crippen LogP contribution is -2.58. The van der Waals surface area contributed by atoms with Crippen LogP contribution in [0.1, 0.15) is 45.1 Å². The molecule has 1 aromatic rings. The lowest BCUT2D eigenvalue weighted by molar-refractivity contribution is -0.147. The molecular formula is C24H34N4O9. The van der Waals surface area contributed by atoms with Crippen molar-refractivity contribution < 1.29 is 44.1 Å². The molecule has 0 saturated heterocycles. The van der Waals surface area contributed by atoms with Gasteiger partial charge in [0.05, 0.1) is 12.5 Å². The van der Waals surface area contributed by atoms with Gasteiger partial charge in [0.25, 0.3) is 0 Å². The van der Waals surface area contributed by atoms with E-state index in [0.29, 0.717) is 12.0 Å².